The standard InChI is InChI=1S/C13H21N3O2S/c1-2-3-4-5-6-10-7-11(18-12(10)17)8-19-13-14-9-15-16-13/h9-11H,2-8H2,1H3,(H,14,15,16)/t10-,11+/m1/s1. The smallest absolute Gasteiger partial charge is 0.309 e. The number of ether oxygens (including phenoxy) is 1. The lowest BCUT2D eigenvalue weighted by Crippen LogP contribution is -2.09. The molecule has 1 fully saturated rings. The number of nitrogens with one attached hydrogen (secondary N) is 1. The van der Waals surface area contributed by atoms with E-state index in [-0.39, 0.29) is 18.0 Å². The molecule has 2 rings (SSSR count). The zero-order chi connectivity index (χ0) is 13.5. The van der Waals surface area contributed by atoms with E-state index in [0.717, 1.165) is 30.2 Å². The molecule has 1 aliphatic heterocycles. The molecule has 0 bridgehead atoms. The molecule has 1 saturated heterocycles. The van der Waals surface area contributed by atoms with Crippen LogP contribution in [0.25, 0.3) is 0 Å². The highest BCUT2D eigenvalue weighted by molar-refractivity contribution is 7.99. The second-order valence-electron chi connectivity index (χ2n) is 4.94. The van der Waals surface area contributed by atoms with Crippen molar-refractivity contribution in [3.8, 4) is 0 Å². The fourth-order valence-electron chi connectivity index (χ4n) is 2.31. The van der Waals surface area contributed by atoms with Crippen molar-refractivity contribution in [2.75, 3.05) is 5.75 Å². The monoisotopic (exact) mass is 283 g/mol. The Morgan fingerprint density at radius 1 is 1.47 bits per heavy atom. The van der Waals surface area contributed by atoms with Crippen LogP contribution in [-0.4, -0.2) is 33.0 Å². The Balaban J connectivity index is 1.66. The predicted octanol–water partition coefficient (Wildman–Crippen LogP) is 2.80. The van der Waals surface area contributed by atoms with E-state index in [2.05, 4.69) is 22.1 Å². The summed E-state index contributed by atoms with van der Waals surface area (Å²) >= 11 is 1.55. The minimum Gasteiger partial charge on any atom is -0.461 e. The van der Waals surface area contributed by atoms with Gasteiger partial charge in [0.15, 0.2) is 5.16 Å². The van der Waals surface area contributed by atoms with Crippen LogP contribution < -0.4 is 0 Å². The first-order chi connectivity index (χ1) is 9.29. The third-order valence-corrected chi connectivity index (χ3v) is 4.38. The maximum atomic E-state index is 11.7. The van der Waals surface area contributed by atoms with E-state index in [9.17, 15) is 4.79 Å². The van der Waals surface area contributed by atoms with E-state index in [1.165, 1.54) is 25.6 Å². The van der Waals surface area contributed by atoms with E-state index >= 15 is 0 Å². The van der Waals surface area contributed by atoms with Crippen molar-refractivity contribution in [2.24, 2.45) is 5.92 Å². The van der Waals surface area contributed by atoms with E-state index in [4.69, 9.17) is 4.74 Å². The van der Waals surface area contributed by atoms with Gasteiger partial charge in [-0.15, -0.1) is 0 Å². The molecule has 0 amide bonds. The van der Waals surface area contributed by atoms with Crippen LogP contribution in [0.15, 0.2) is 11.5 Å². The molecular weight excluding hydrogens is 262 g/mol. The molecule has 19 heavy (non-hydrogen) atoms. The number of cyclic esters (lactones) is 1. The molecule has 0 aliphatic carbocycles. The van der Waals surface area contributed by atoms with Crippen molar-refractivity contribution in [2.45, 2.75) is 56.7 Å². The maximum absolute atomic E-state index is 11.7. The van der Waals surface area contributed by atoms with Crippen molar-refractivity contribution >= 4 is 17.7 Å². The number of nitrogens with zero attached hydrogens (tertiary/aromatic N) is 2. The zero-order valence-electron chi connectivity index (χ0n) is 11.3. The number of unbranched alkanes of at least 4 members (excludes halogenated alkanes) is 3. The Labute approximate surface area is 117 Å². The molecule has 5 nitrogen and oxygen atoms in total. The van der Waals surface area contributed by atoms with Crippen molar-refractivity contribution in [3.05, 3.63) is 6.33 Å². The number of H-pyrrole nitrogens is 1. The molecule has 106 valence electrons. The molecule has 0 radical (unpaired) electrons. The van der Waals surface area contributed by atoms with Crippen molar-refractivity contribution in [3.63, 3.8) is 0 Å². The first kappa shape index (κ1) is 14.4. The number of rotatable bonds is 8. The number of carbonyl (C=O) groups excluding carboxylic acids is 1. The third kappa shape index (κ3) is 4.53. The zero-order valence-corrected chi connectivity index (χ0v) is 12.1. The second kappa shape index (κ2) is 7.53. The number of aromatic nitrogens is 3. The normalized spacial score (nSPS) is 22.7. The first-order valence-electron chi connectivity index (χ1n) is 6.98. The number of thioether (sulfide) groups is 1. The molecule has 0 saturated carbocycles. The minimum absolute atomic E-state index is 0.0142. The van der Waals surface area contributed by atoms with Crippen LogP contribution >= 0.6 is 11.8 Å². The average molecular weight is 283 g/mol. The van der Waals surface area contributed by atoms with Gasteiger partial charge in [-0.3, -0.25) is 9.89 Å². The molecule has 0 spiro atoms. The topological polar surface area (TPSA) is 67.9 Å². The summed E-state index contributed by atoms with van der Waals surface area (Å²) < 4.78 is 5.41. The predicted molar refractivity (Wildman–Crippen MR) is 73.9 cm³/mol. The average Bonchev–Trinajstić information content (AvgIpc) is 3.02. The van der Waals surface area contributed by atoms with Crippen LogP contribution in [0.3, 0.4) is 0 Å². The van der Waals surface area contributed by atoms with E-state index in [0.29, 0.717) is 0 Å². The highest BCUT2D eigenvalue weighted by atomic mass is 32.2. The van der Waals surface area contributed by atoms with Gasteiger partial charge in [0, 0.05) is 5.75 Å². The number of hydrogen-bond acceptors (Lipinski definition) is 5. The summed E-state index contributed by atoms with van der Waals surface area (Å²) in [5.41, 5.74) is 0. The lowest BCUT2D eigenvalue weighted by molar-refractivity contribution is -0.143. The van der Waals surface area contributed by atoms with Gasteiger partial charge in [-0.05, 0) is 12.8 Å². The molecule has 0 unspecified atom stereocenters. The fourth-order valence-corrected chi connectivity index (χ4v) is 3.10. The van der Waals surface area contributed by atoms with Crippen LogP contribution in [0.5, 0.6) is 0 Å². The van der Waals surface area contributed by atoms with Crippen LogP contribution in [0.2, 0.25) is 0 Å². The lowest BCUT2D eigenvalue weighted by atomic mass is 9.98. The molecule has 2 atom stereocenters. The van der Waals surface area contributed by atoms with Gasteiger partial charge in [0.2, 0.25) is 0 Å². The summed E-state index contributed by atoms with van der Waals surface area (Å²) in [7, 11) is 0. The van der Waals surface area contributed by atoms with Gasteiger partial charge in [0.25, 0.3) is 0 Å². The summed E-state index contributed by atoms with van der Waals surface area (Å²) in [6, 6.07) is 0. The molecule has 1 aromatic rings. The van der Waals surface area contributed by atoms with Crippen molar-refractivity contribution < 1.29 is 9.53 Å². The van der Waals surface area contributed by atoms with Crippen LogP contribution in [0, 0.1) is 5.92 Å². The number of carbonyl (C=O) groups is 1. The first-order valence-corrected chi connectivity index (χ1v) is 7.96. The van der Waals surface area contributed by atoms with Gasteiger partial charge < -0.3 is 4.74 Å². The summed E-state index contributed by atoms with van der Waals surface area (Å²) in [5.74, 6) is 0.851. The van der Waals surface area contributed by atoms with Crippen LogP contribution in [-0.2, 0) is 9.53 Å². The van der Waals surface area contributed by atoms with Crippen molar-refractivity contribution in [1.29, 1.82) is 0 Å². The summed E-state index contributed by atoms with van der Waals surface area (Å²) in [6.07, 6.45) is 8.18. The molecule has 2 heterocycles. The van der Waals surface area contributed by atoms with Crippen LogP contribution in [0.1, 0.15) is 45.4 Å². The summed E-state index contributed by atoms with van der Waals surface area (Å²) in [6.45, 7) is 2.20. The fraction of sp³-hybridized carbons (Fsp3) is 0.769. The molecule has 1 aromatic heterocycles. The number of esters is 1. The molecule has 1 N–H and O–H groups in total. The summed E-state index contributed by atoms with van der Waals surface area (Å²) in [5, 5.41) is 7.36. The van der Waals surface area contributed by atoms with Crippen LogP contribution in [0.4, 0.5) is 0 Å². The Bertz CT molecular complexity index is 383. The minimum atomic E-state index is -0.0142. The number of hydrogen-bond donors (Lipinski definition) is 1. The third-order valence-electron chi connectivity index (χ3n) is 3.37. The van der Waals surface area contributed by atoms with Gasteiger partial charge in [-0.1, -0.05) is 44.4 Å². The summed E-state index contributed by atoms with van der Waals surface area (Å²) in [4.78, 5) is 15.8. The van der Waals surface area contributed by atoms with Gasteiger partial charge in [-0.25, -0.2) is 4.98 Å². The quantitative estimate of drug-likeness (QED) is 0.451. The van der Waals surface area contributed by atoms with Gasteiger partial charge in [0.05, 0.1) is 5.92 Å². The van der Waals surface area contributed by atoms with E-state index in [1.54, 1.807) is 11.8 Å². The molecule has 1 aliphatic rings. The largest absolute Gasteiger partial charge is 0.461 e. The van der Waals surface area contributed by atoms with Gasteiger partial charge >= 0.3 is 5.97 Å². The Morgan fingerprint density at radius 3 is 3.11 bits per heavy atom. The van der Waals surface area contributed by atoms with E-state index in [1.807, 2.05) is 0 Å². The maximum Gasteiger partial charge on any atom is 0.309 e. The number of aromatic amines is 1. The molecular formula is C13H21N3O2S. The molecule has 0 aromatic carbocycles. The Kier molecular flexibility index (Phi) is 5.69. The van der Waals surface area contributed by atoms with E-state index < -0.39 is 0 Å². The van der Waals surface area contributed by atoms with Gasteiger partial charge in [0.1, 0.15) is 12.4 Å². The second-order valence-corrected chi connectivity index (χ2v) is 5.95. The SMILES string of the molecule is CCCCCC[C@@H]1C[C@@H](CSc2ncn[nH]2)OC1=O. The highest BCUT2D eigenvalue weighted by Crippen LogP contribution is 2.29. The Morgan fingerprint density at radius 2 is 2.37 bits per heavy atom. The van der Waals surface area contributed by atoms with Crippen molar-refractivity contribution in [1.82, 2.24) is 15.2 Å². The van der Waals surface area contributed by atoms with Gasteiger partial charge in [-0.2, -0.15) is 5.10 Å². The molecule has 6 heteroatoms. The lowest BCUT2D eigenvalue weighted by Gasteiger charge is -2.06. The highest BCUT2D eigenvalue weighted by Gasteiger charge is 2.33. The Hall–Kier alpha value is -1.04.